The van der Waals surface area contributed by atoms with Crippen LogP contribution in [-0.4, -0.2) is 4.98 Å². The molecular formula is C15H16N2. The summed E-state index contributed by atoms with van der Waals surface area (Å²) >= 11 is 0. The lowest BCUT2D eigenvalue weighted by molar-refractivity contribution is 0.704. The minimum absolute atomic E-state index is 1.06. The lowest BCUT2D eigenvalue weighted by atomic mass is 10.0. The summed E-state index contributed by atoms with van der Waals surface area (Å²) < 4.78 is 0. The third-order valence-corrected chi connectivity index (χ3v) is 3.22. The van der Waals surface area contributed by atoms with Crippen molar-refractivity contribution in [3.8, 4) is 0 Å². The summed E-state index contributed by atoms with van der Waals surface area (Å²) in [5, 5.41) is 4.71. The zero-order valence-electron chi connectivity index (χ0n) is 9.82. The van der Waals surface area contributed by atoms with Crippen LogP contribution >= 0.6 is 0 Å². The van der Waals surface area contributed by atoms with Crippen molar-refractivity contribution in [3.63, 3.8) is 0 Å². The molecule has 0 fully saturated rings. The highest BCUT2D eigenvalue weighted by atomic mass is 14.9. The molecule has 0 spiro atoms. The van der Waals surface area contributed by atoms with Crippen molar-refractivity contribution in [3.05, 3.63) is 48.3 Å². The van der Waals surface area contributed by atoms with Gasteiger partial charge in [0.15, 0.2) is 0 Å². The normalized spacial score (nSPS) is 15.6. The van der Waals surface area contributed by atoms with Gasteiger partial charge in [-0.25, -0.2) is 0 Å². The number of pyridine rings is 1. The molecule has 1 aliphatic rings. The van der Waals surface area contributed by atoms with Gasteiger partial charge in [0.25, 0.3) is 0 Å². The zero-order chi connectivity index (χ0) is 11.5. The number of fused-ring (bicyclic) bond motifs is 1. The number of allylic oxidation sites excluding steroid dienone is 2. The molecule has 0 amide bonds. The third-order valence-electron chi connectivity index (χ3n) is 3.22. The molecule has 0 saturated carbocycles. The molecule has 86 valence electrons. The van der Waals surface area contributed by atoms with Crippen molar-refractivity contribution >= 4 is 16.6 Å². The molecule has 3 rings (SSSR count). The highest BCUT2D eigenvalue weighted by molar-refractivity contribution is 5.90. The Balaban J connectivity index is 1.97. The SMILES string of the molecule is C1=C(Nc2cccc3cccnc23)CCCC1. The van der Waals surface area contributed by atoms with Crippen LogP contribution in [0.3, 0.4) is 0 Å². The molecule has 2 heteroatoms. The Hall–Kier alpha value is -1.83. The van der Waals surface area contributed by atoms with Gasteiger partial charge in [-0.3, -0.25) is 4.98 Å². The Kier molecular flexibility index (Phi) is 2.78. The van der Waals surface area contributed by atoms with Crippen LogP contribution in [0.2, 0.25) is 0 Å². The van der Waals surface area contributed by atoms with E-state index in [4.69, 9.17) is 0 Å². The highest BCUT2D eigenvalue weighted by Crippen LogP contribution is 2.25. The van der Waals surface area contributed by atoms with E-state index in [-0.39, 0.29) is 0 Å². The van der Waals surface area contributed by atoms with Gasteiger partial charge < -0.3 is 5.32 Å². The minimum atomic E-state index is 1.06. The van der Waals surface area contributed by atoms with Gasteiger partial charge in [0, 0.05) is 17.3 Å². The summed E-state index contributed by atoms with van der Waals surface area (Å²) in [6.45, 7) is 0. The molecule has 0 aliphatic heterocycles. The van der Waals surface area contributed by atoms with E-state index in [0.29, 0.717) is 0 Å². The second-order valence-electron chi connectivity index (χ2n) is 4.48. The van der Waals surface area contributed by atoms with Crippen molar-refractivity contribution in [2.45, 2.75) is 25.7 Å². The van der Waals surface area contributed by atoms with Crippen LogP contribution in [-0.2, 0) is 0 Å². The average molecular weight is 224 g/mol. The fourth-order valence-corrected chi connectivity index (χ4v) is 2.33. The van der Waals surface area contributed by atoms with E-state index in [0.717, 1.165) is 17.6 Å². The van der Waals surface area contributed by atoms with Crippen molar-refractivity contribution in [2.24, 2.45) is 0 Å². The van der Waals surface area contributed by atoms with E-state index in [1.54, 1.807) is 0 Å². The number of para-hydroxylation sites is 1. The van der Waals surface area contributed by atoms with Gasteiger partial charge in [0.1, 0.15) is 0 Å². The van der Waals surface area contributed by atoms with Gasteiger partial charge in [-0.1, -0.05) is 24.3 Å². The molecule has 17 heavy (non-hydrogen) atoms. The molecular weight excluding hydrogens is 208 g/mol. The minimum Gasteiger partial charge on any atom is -0.357 e. The molecule has 0 atom stereocenters. The number of nitrogens with zero attached hydrogens (tertiary/aromatic N) is 1. The van der Waals surface area contributed by atoms with Crippen molar-refractivity contribution in [2.75, 3.05) is 5.32 Å². The lowest BCUT2D eigenvalue weighted by Gasteiger charge is -2.16. The third kappa shape index (κ3) is 2.16. The highest BCUT2D eigenvalue weighted by Gasteiger charge is 2.06. The summed E-state index contributed by atoms with van der Waals surface area (Å²) in [6.07, 6.45) is 9.12. The number of hydrogen-bond donors (Lipinski definition) is 1. The van der Waals surface area contributed by atoms with Crippen LogP contribution in [0.25, 0.3) is 10.9 Å². The maximum atomic E-state index is 4.46. The Morgan fingerprint density at radius 3 is 2.88 bits per heavy atom. The molecule has 1 aliphatic carbocycles. The molecule has 1 heterocycles. The summed E-state index contributed by atoms with van der Waals surface area (Å²) in [7, 11) is 0. The molecule has 0 unspecified atom stereocenters. The van der Waals surface area contributed by atoms with Crippen LogP contribution in [0.4, 0.5) is 5.69 Å². The fourth-order valence-electron chi connectivity index (χ4n) is 2.33. The lowest BCUT2D eigenvalue weighted by Crippen LogP contribution is -2.03. The van der Waals surface area contributed by atoms with Crippen LogP contribution in [0.1, 0.15) is 25.7 Å². The smallest absolute Gasteiger partial charge is 0.0936 e. The number of benzene rings is 1. The molecule has 0 saturated heterocycles. The maximum Gasteiger partial charge on any atom is 0.0936 e. The first-order chi connectivity index (χ1) is 8.43. The van der Waals surface area contributed by atoms with Crippen molar-refractivity contribution in [1.29, 1.82) is 0 Å². The topological polar surface area (TPSA) is 24.9 Å². The predicted octanol–water partition coefficient (Wildman–Crippen LogP) is 4.10. The first-order valence-corrected chi connectivity index (χ1v) is 6.23. The van der Waals surface area contributed by atoms with Crippen LogP contribution < -0.4 is 5.32 Å². The second kappa shape index (κ2) is 4.58. The van der Waals surface area contributed by atoms with Crippen LogP contribution in [0.15, 0.2) is 48.3 Å². The number of aromatic nitrogens is 1. The van der Waals surface area contributed by atoms with Crippen molar-refractivity contribution in [1.82, 2.24) is 4.98 Å². The van der Waals surface area contributed by atoms with Gasteiger partial charge in [0.05, 0.1) is 11.2 Å². The predicted molar refractivity (Wildman–Crippen MR) is 71.9 cm³/mol. The molecule has 0 bridgehead atoms. The molecule has 2 aromatic rings. The number of nitrogens with one attached hydrogen (secondary N) is 1. The summed E-state index contributed by atoms with van der Waals surface area (Å²) in [5.41, 5.74) is 3.52. The van der Waals surface area contributed by atoms with Crippen LogP contribution in [0.5, 0.6) is 0 Å². The fraction of sp³-hybridized carbons (Fsp3) is 0.267. The van der Waals surface area contributed by atoms with E-state index in [1.807, 2.05) is 12.3 Å². The van der Waals surface area contributed by atoms with Crippen molar-refractivity contribution < 1.29 is 0 Å². The molecule has 1 N–H and O–H groups in total. The largest absolute Gasteiger partial charge is 0.357 e. The monoisotopic (exact) mass is 224 g/mol. The quantitative estimate of drug-likeness (QED) is 0.830. The maximum absolute atomic E-state index is 4.46. The van der Waals surface area contributed by atoms with Gasteiger partial charge in [-0.05, 0) is 37.8 Å². The van der Waals surface area contributed by atoms with E-state index >= 15 is 0 Å². The van der Waals surface area contributed by atoms with Gasteiger partial charge >= 0.3 is 0 Å². The number of rotatable bonds is 2. The molecule has 2 nitrogen and oxygen atoms in total. The number of hydrogen-bond acceptors (Lipinski definition) is 2. The molecule has 1 aromatic heterocycles. The van der Waals surface area contributed by atoms with Gasteiger partial charge in [0.2, 0.25) is 0 Å². The summed E-state index contributed by atoms with van der Waals surface area (Å²) in [6, 6.07) is 10.4. The second-order valence-corrected chi connectivity index (χ2v) is 4.48. The average Bonchev–Trinajstić information content (AvgIpc) is 2.40. The van der Waals surface area contributed by atoms with E-state index < -0.39 is 0 Å². The summed E-state index contributed by atoms with van der Waals surface area (Å²) in [5.74, 6) is 0. The zero-order valence-corrected chi connectivity index (χ0v) is 9.82. The first kappa shape index (κ1) is 10.3. The summed E-state index contributed by atoms with van der Waals surface area (Å²) in [4.78, 5) is 4.46. The van der Waals surface area contributed by atoms with Gasteiger partial charge in [-0.15, -0.1) is 0 Å². The van der Waals surface area contributed by atoms with Gasteiger partial charge in [-0.2, -0.15) is 0 Å². The molecule has 0 radical (unpaired) electrons. The van der Waals surface area contributed by atoms with Crippen LogP contribution in [0, 0.1) is 0 Å². The number of anilines is 1. The Morgan fingerprint density at radius 2 is 2.00 bits per heavy atom. The Bertz CT molecular complexity index is 552. The van der Waals surface area contributed by atoms with E-state index in [9.17, 15) is 0 Å². The molecule has 1 aromatic carbocycles. The Labute approximate surface area is 101 Å². The van der Waals surface area contributed by atoms with E-state index in [1.165, 1.54) is 30.3 Å². The first-order valence-electron chi connectivity index (χ1n) is 6.23. The van der Waals surface area contributed by atoms with E-state index in [2.05, 4.69) is 40.6 Å². The Morgan fingerprint density at radius 1 is 1.06 bits per heavy atom. The standard InChI is InChI=1S/C15H16N2/c1-2-8-13(9-3-1)17-14-10-4-6-12-7-5-11-16-15(12)14/h4-8,10-11,17H,1-3,9H2.